The number of hydrogen-bond acceptors (Lipinski definition) is 4. The molecule has 1 aromatic rings. The Bertz CT molecular complexity index is 1270. The number of amides is 2. The Morgan fingerprint density at radius 3 is 2.22 bits per heavy atom. The minimum Gasteiger partial charge on any atom is -0.351 e. The van der Waals surface area contributed by atoms with Crippen LogP contribution in [0.1, 0.15) is 39.0 Å². The summed E-state index contributed by atoms with van der Waals surface area (Å²) in [6, 6.07) is 0.392. The number of alkyl halides is 2. The van der Waals surface area contributed by atoms with Gasteiger partial charge in [-0.05, 0) is 68.8 Å². The second-order valence-electron chi connectivity index (χ2n) is 11.1. The molecule has 3 aliphatic rings. The highest BCUT2D eigenvalue weighted by Gasteiger charge is 2.65. The van der Waals surface area contributed by atoms with Crippen molar-refractivity contribution in [3.8, 4) is 0 Å². The molecule has 0 aromatic heterocycles. The average Bonchev–Trinajstić information content (AvgIpc) is 3.52. The first-order valence-corrected chi connectivity index (χ1v) is 15.1. The molecule has 3 fully saturated rings. The minimum atomic E-state index is -10.0. The van der Waals surface area contributed by atoms with Crippen LogP contribution in [0, 0.1) is 11.8 Å². The SMILES string of the molecule is C=C/C=C(\C=NC)C(C)(C(=O)NC1CCC(F)(F)CC1)N(C(=O)C1NCC2CC21)c1ccc(S(F)(F)(F)(F)F)cc1. The smallest absolute Gasteiger partial charge is 0.310 e. The number of aliphatic imine (C=N–C) groups is 1. The van der Waals surface area contributed by atoms with Crippen molar-refractivity contribution in [2.75, 3.05) is 18.5 Å². The van der Waals surface area contributed by atoms with E-state index in [0.29, 0.717) is 6.54 Å². The normalized spacial score (nSPS) is 27.7. The Morgan fingerprint density at radius 2 is 1.76 bits per heavy atom. The van der Waals surface area contributed by atoms with Crippen molar-refractivity contribution in [2.24, 2.45) is 16.8 Å². The van der Waals surface area contributed by atoms with E-state index in [0.717, 1.165) is 23.5 Å². The second kappa shape index (κ2) is 9.85. The fourth-order valence-corrected chi connectivity index (χ4v) is 6.33. The van der Waals surface area contributed by atoms with Gasteiger partial charge in [0.15, 0.2) is 5.54 Å². The zero-order chi connectivity index (χ0) is 30.5. The second-order valence-corrected chi connectivity index (χ2v) is 13.5. The van der Waals surface area contributed by atoms with Crippen molar-refractivity contribution in [1.29, 1.82) is 0 Å². The first-order valence-electron chi connectivity index (χ1n) is 13.2. The van der Waals surface area contributed by atoms with Crippen LogP contribution in [0.25, 0.3) is 0 Å². The van der Waals surface area contributed by atoms with Gasteiger partial charge in [0, 0.05) is 43.4 Å². The maximum atomic E-state index is 14.2. The van der Waals surface area contributed by atoms with E-state index in [2.05, 4.69) is 22.2 Å². The van der Waals surface area contributed by atoms with Gasteiger partial charge in [-0.25, -0.2) is 8.78 Å². The van der Waals surface area contributed by atoms with E-state index >= 15 is 0 Å². The zero-order valence-electron chi connectivity index (χ0n) is 22.6. The lowest BCUT2D eigenvalue weighted by Crippen LogP contribution is -2.65. The molecule has 1 saturated heterocycles. The van der Waals surface area contributed by atoms with Crippen LogP contribution in [0.3, 0.4) is 0 Å². The van der Waals surface area contributed by atoms with Gasteiger partial charge in [0.2, 0.25) is 11.8 Å². The Hall–Kier alpha value is -2.87. The molecule has 0 bridgehead atoms. The molecule has 41 heavy (non-hydrogen) atoms. The molecule has 0 spiro atoms. The van der Waals surface area contributed by atoms with Gasteiger partial charge in [-0.1, -0.05) is 38.2 Å². The summed E-state index contributed by atoms with van der Waals surface area (Å²) in [5.74, 6) is -4.15. The number of carbonyl (C=O) groups excluding carboxylic acids is 2. The minimum absolute atomic E-state index is 0.0301. The number of hydrogen-bond donors (Lipinski definition) is 2. The number of benzene rings is 1. The number of rotatable bonds is 9. The van der Waals surface area contributed by atoms with Gasteiger partial charge in [-0.2, -0.15) is 0 Å². The van der Waals surface area contributed by atoms with Crippen LogP contribution in [0.2, 0.25) is 0 Å². The van der Waals surface area contributed by atoms with Crippen LogP contribution in [-0.4, -0.2) is 55.2 Å². The number of nitrogens with one attached hydrogen (secondary N) is 2. The van der Waals surface area contributed by atoms with Crippen molar-refractivity contribution in [2.45, 2.75) is 67.5 Å². The number of carbonyl (C=O) groups is 2. The quantitative estimate of drug-likeness (QED) is 0.189. The summed E-state index contributed by atoms with van der Waals surface area (Å²) in [6.45, 7) is 5.53. The molecule has 2 saturated carbocycles. The fraction of sp³-hybridized carbons (Fsp3) is 0.519. The van der Waals surface area contributed by atoms with E-state index in [1.54, 1.807) is 0 Å². The zero-order valence-corrected chi connectivity index (χ0v) is 23.4. The number of nitrogens with zero attached hydrogens (tertiary/aromatic N) is 2. The summed E-state index contributed by atoms with van der Waals surface area (Å²) in [4.78, 5) is 31.1. The fourth-order valence-electron chi connectivity index (χ4n) is 5.68. The number of fused-ring (bicyclic) bond motifs is 1. The van der Waals surface area contributed by atoms with Gasteiger partial charge in [0.25, 0.3) is 5.91 Å². The molecule has 14 heteroatoms. The molecule has 2 amide bonds. The van der Waals surface area contributed by atoms with Crippen LogP contribution in [0.5, 0.6) is 0 Å². The summed E-state index contributed by atoms with van der Waals surface area (Å²) in [5.41, 5.74) is -2.11. The summed E-state index contributed by atoms with van der Waals surface area (Å²) < 4.78 is 95.1. The molecule has 1 aromatic carbocycles. The van der Waals surface area contributed by atoms with Crippen LogP contribution in [0.15, 0.2) is 58.5 Å². The molecule has 1 aliphatic heterocycles. The molecular formula is C27H33F7N4O2S. The van der Waals surface area contributed by atoms with Gasteiger partial charge in [0.1, 0.15) is 4.90 Å². The van der Waals surface area contributed by atoms with Gasteiger partial charge in [-0.3, -0.25) is 19.5 Å². The highest BCUT2D eigenvalue weighted by molar-refractivity contribution is 8.45. The Balaban J connectivity index is 1.83. The van der Waals surface area contributed by atoms with E-state index < -0.39 is 63.3 Å². The molecule has 2 N–H and O–H groups in total. The van der Waals surface area contributed by atoms with Crippen molar-refractivity contribution in [3.05, 3.63) is 48.6 Å². The molecule has 228 valence electrons. The topological polar surface area (TPSA) is 73.8 Å². The third-order valence-corrected chi connectivity index (χ3v) is 9.26. The Labute approximate surface area is 233 Å². The van der Waals surface area contributed by atoms with Gasteiger partial charge >= 0.3 is 10.2 Å². The van der Waals surface area contributed by atoms with E-state index in [9.17, 15) is 37.8 Å². The highest BCUT2D eigenvalue weighted by atomic mass is 32.5. The third-order valence-electron chi connectivity index (χ3n) is 8.10. The van der Waals surface area contributed by atoms with Crippen LogP contribution < -0.4 is 15.5 Å². The highest BCUT2D eigenvalue weighted by Crippen LogP contribution is 3.02. The molecule has 1 heterocycles. The standard InChI is InChI=1S/C27H33F7N4O2S/c1-4-5-18(16-35-3)26(2,25(40)37-19-10-12-27(28,29)13-11-19)38(24(39)23-22-14-17(22)15-36-23)20-6-8-21(9-7-20)41(30,31,32,33)34/h4-9,16-17,19,22-23,36H,1,10-15H2,2-3H3,(H,37,40)/b18-5+,35-16?. The maximum Gasteiger partial charge on any atom is 0.310 e. The number of allylic oxidation sites excluding steroid dienone is 2. The van der Waals surface area contributed by atoms with Gasteiger partial charge < -0.3 is 10.6 Å². The van der Waals surface area contributed by atoms with Gasteiger partial charge in [-0.15, -0.1) is 0 Å². The maximum absolute atomic E-state index is 14.2. The molecule has 4 rings (SSSR count). The number of halogens is 7. The predicted octanol–water partition coefficient (Wildman–Crippen LogP) is 6.55. The summed E-state index contributed by atoms with van der Waals surface area (Å²) in [6.07, 6.45) is 3.78. The van der Waals surface area contributed by atoms with Crippen molar-refractivity contribution < 1.29 is 37.8 Å². The largest absolute Gasteiger partial charge is 0.351 e. The van der Waals surface area contributed by atoms with E-state index in [4.69, 9.17) is 0 Å². The predicted molar refractivity (Wildman–Crippen MR) is 145 cm³/mol. The molecule has 0 radical (unpaired) electrons. The lowest BCUT2D eigenvalue weighted by atomic mass is 9.85. The van der Waals surface area contributed by atoms with Crippen LogP contribution >= 0.6 is 10.2 Å². The van der Waals surface area contributed by atoms with E-state index in [-0.39, 0.29) is 48.1 Å². The van der Waals surface area contributed by atoms with Crippen molar-refractivity contribution in [3.63, 3.8) is 0 Å². The number of piperidine rings is 1. The summed E-state index contributed by atoms with van der Waals surface area (Å²) in [7, 11) is -8.62. The lowest BCUT2D eigenvalue weighted by molar-refractivity contribution is -0.130. The lowest BCUT2D eigenvalue weighted by Gasteiger charge is -2.44. The summed E-state index contributed by atoms with van der Waals surface area (Å²) in [5, 5.41) is 5.83. The molecule has 4 unspecified atom stereocenters. The van der Waals surface area contributed by atoms with Crippen molar-refractivity contribution in [1.82, 2.24) is 10.6 Å². The first-order chi connectivity index (χ1) is 18.8. The molecule has 2 aliphatic carbocycles. The third kappa shape index (κ3) is 6.47. The van der Waals surface area contributed by atoms with E-state index in [1.807, 2.05) is 0 Å². The van der Waals surface area contributed by atoms with E-state index in [1.165, 1.54) is 32.3 Å². The Morgan fingerprint density at radius 1 is 1.15 bits per heavy atom. The van der Waals surface area contributed by atoms with Crippen LogP contribution in [0.4, 0.5) is 33.9 Å². The van der Waals surface area contributed by atoms with Crippen molar-refractivity contribution >= 4 is 33.9 Å². The monoisotopic (exact) mass is 610 g/mol. The molecule has 6 nitrogen and oxygen atoms in total. The molecular weight excluding hydrogens is 577 g/mol. The Kier molecular flexibility index (Phi) is 7.47. The summed E-state index contributed by atoms with van der Waals surface area (Å²) >= 11 is 0. The number of anilines is 1. The van der Waals surface area contributed by atoms with Crippen LogP contribution in [-0.2, 0) is 9.59 Å². The molecule has 4 atom stereocenters. The first kappa shape index (κ1) is 31.1. The average molecular weight is 611 g/mol. The van der Waals surface area contributed by atoms with Gasteiger partial charge in [0.05, 0.1) is 6.04 Å².